The minimum absolute atomic E-state index is 0.000518. The number of nitrogens with zero attached hydrogens (tertiary/aromatic N) is 5. The molecule has 0 spiro atoms. The number of hydrogen-bond donors (Lipinski definition) is 2. The van der Waals surface area contributed by atoms with E-state index in [4.69, 9.17) is 15.1 Å². The molecule has 1 amide bonds. The van der Waals surface area contributed by atoms with Crippen molar-refractivity contribution < 1.29 is 17.6 Å². The van der Waals surface area contributed by atoms with E-state index >= 15 is 0 Å². The molecular weight excluding hydrogens is 558 g/mol. The minimum Gasteiger partial charge on any atom is -0.416 e. The van der Waals surface area contributed by atoms with Gasteiger partial charge in [0.2, 0.25) is 0 Å². The summed E-state index contributed by atoms with van der Waals surface area (Å²) in [4.78, 5) is 38.4. The number of benzene rings is 1. The van der Waals surface area contributed by atoms with Crippen molar-refractivity contribution in [3.63, 3.8) is 0 Å². The summed E-state index contributed by atoms with van der Waals surface area (Å²) >= 11 is 0. The molecule has 2 bridgehead atoms. The zero-order chi connectivity index (χ0) is 29.2. The Morgan fingerprint density at radius 3 is 2.40 bits per heavy atom. The van der Waals surface area contributed by atoms with E-state index in [1.807, 2.05) is 42.5 Å². The van der Waals surface area contributed by atoms with Gasteiger partial charge in [-0.2, -0.15) is 9.61 Å². The monoisotopic (exact) mass is 585 g/mol. The van der Waals surface area contributed by atoms with Crippen LogP contribution in [0.5, 0.6) is 0 Å². The first-order chi connectivity index (χ1) is 20.2. The Kier molecular flexibility index (Phi) is 6.01. The Bertz CT molecular complexity index is 1980. The van der Waals surface area contributed by atoms with Crippen molar-refractivity contribution in [2.24, 2.45) is 0 Å². The number of carbonyl (C=O) groups excluding carboxylic acids is 1. The SMILES string of the molecule is CS(=O)(=O)c1c(C2C[C@H]3CC[C@@H](C2)N3C(=O)c2coc(=O)[nH]2)nc2c(-c3ccc(-c4ccccc4)nc3)cnn2c1N. The van der Waals surface area contributed by atoms with Gasteiger partial charge in [0.05, 0.1) is 17.6 Å². The van der Waals surface area contributed by atoms with Gasteiger partial charge in [0, 0.05) is 47.1 Å². The molecule has 7 rings (SSSR count). The topological polar surface area (TPSA) is 170 Å². The molecule has 1 unspecified atom stereocenters. The predicted octanol–water partition coefficient (Wildman–Crippen LogP) is 3.28. The number of hydrogen-bond acceptors (Lipinski definition) is 9. The molecule has 0 radical (unpaired) electrons. The van der Waals surface area contributed by atoms with Crippen molar-refractivity contribution in [2.45, 2.75) is 48.6 Å². The lowest BCUT2D eigenvalue weighted by atomic mass is 9.87. The third-order valence-corrected chi connectivity index (χ3v) is 9.44. The summed E-state index contributed by atoms with van der Waals surface area (Å²) in [5, 5.41) is 4.39. The van der Waals surface area contributed by atoms with Gasteiger partial charge < -0.3 is 15.1 Å². The summed E-state index contributed by atoms with van der Waals surface area (Å²) < 4.78 is 32.3. The number of piperidine rings is 1. The standard InChI is InChI=1S/C29H27N7O5S/c1-42(39,40)25-24(18-11-19-8-9-20(12-18)35(19)28(37)23-15-41-29(38)33-23)34-27-21(14-32-36(27)26(25)30)17-7-10-22(31-13-17)16-5-3-2-4-6-16/h2-7,10,13-15,18-20H,8-9,11-12,30H2,1H3,(H,33,38)/t18?,19-,20+. The molecule has 2 fully saturated rings. The van der Waals surface area contributed by atoms with Gasteiger partial charge in [0.1, 0.15) is 22.7 Å². The van der Waals surface area contributed by atoms with E-state index in [0.29, 0.717) is 29.7 Å². The summed E-state index contributed by atoms with van der Waals surface area (Å²) in [7, 11) is -3.77. The number of nitrogens with two attached hydrogens (primary N) is 1. The molecule has 3 N–H and O–H groups in total. The lowest BCUT2D eigenvalue weighted by Gasteiger charge is -2.39. The Labute approximate surface area is 240 Å². The van der Waals surface area contributed by atoms with Crippen LogP contribution in [0.1, 0.15) is 47.8 Å². The molecule has 6 heterocycles. The van der Waals surface area contributed by atoms with Crippen molar-refractivity contribution >= 4 is 27.2 Å². The van der Waals surface area contributed by atoms with Crippen molar-refractivity contribution in [3.05, 3.63) is 83.1 Å². The maximum Gasteiger partial charge on any atom is 0.416 e. The van der Waals surface area contributed by atoms with Crippen LogP contribution >= 0.6 is 0 Å². The van der Waals surface area contributed by atoms with E-state index < -0.39 is 15.6 Å². The van der Waals surface area contributed by atoms with E-state index in [1.165, 1.54) is 4.52 Å². The van der Waals surface area contributed by atoms with Crippen LogP contribution in [0.15, 0.2) is 75.2 Å². The number of pyridine rings is 1. The van der Waals surface area contributed by atoms with Gasteiger partial charge >= 0.3 is 5.76 Å². The van der Waals surface area contributed by atoms with Crippen LogP contribution in [-0.4, -0.2) is 62.1 Å². The number of oxazole rings is 1. The highest BCUT2D eigenvalue weighted by Gasteiger charge is 2.46. The molecular formula is C29H27N7O5S. The molecule has 2 aliphatic rings. The van der Waals surface area contributed by atoms with Crippen molar-refractivity contribution in [2.75, 3.05) is 12.0 Å². The van der Waals surface area contributed by atoms with E-state index in [9.17, 15) is 18.0 Å². The second-order valence-electron chi connectivity index (χ2n) is 10.9. The normalized spacial score (nSPS) is 20.3. The van der Waals surface area contributed by atoms with Gasteiger partial charge in [-0.25, -0.2) is 18.2 Å². The van der Waals surface area contributed by atoms with Crippen LogP contribution in [0, 0.1) is 0 Å². The molecule has 12 nitrogen and oxygen atoms in total. The van der Waals surface area contributed by atoms with E-state index in [-0.39, 0.29) is 40.3 Å². The Balaban J connectivity index is 1.28. The Hall–Kier alpha value is -4.78. The van der Waals surface area contributed by atoms with Crippen molar-refractivity contribution in [3.8, 4) is 22.4 Å². The number of fused-ring (bicyclic) bond motifs is 3. The first-order valence-electron chi connectivity index (χ1n) is 13.6. The summed E-state index contributed by atoms with van der Waals surface area (Å²) in [6, 6.07) is 13.4. The molecule has 2 saturated heterocycles. The van der Waals surface area contributed by atoms with Gasteiger partial charge in [-0.1, -0.05) is 36.4 Å². The molecule has 13 heteroatoms. The molecule has 2 aliphatic heterocycles. The molecule has 5 aromatic rings. The summed E-state index contributed by atoms with van der Waals surface area (Å²) in [6.07, 6.45) is 8.15. The molecule has 3 atom stereocenters. The number of rotatable bonds is 5. The number of carbonyl (C=O) groups is 1. The average Bonchev–Trinajstić information content (AvgIpc) is 3.68. The van der Waals surface area contributed by atoms with Crippen LogP contribution in [-0.2, 0) is 9.84 Å². The van der Waals surface area contributed by atoms with Crippen LogP contribution < -0.4 is 11.5 Å². The van der Waals surface area contributed by atoms with Gasteiger partial charge in [-0.05, 0) is 31.7 Å². The maximum absolute atomic E-state index is 13.2. The molecule has 42 heavy (non-hydrogen) atoms. The van der Waals surface area contributed by atoms with Gasteiger partial charge in [0.25, 0.3) is 5.91 Å². The molecule has 214 valence electrons. The fourth-order valence-corrected chi connectivity index (χ4v) is 7.53. The number of nitrogen functional groups attached to an aromatic ring is 1. The quantitative estimate of drug-likeness (QED) is 0.314. The second kappa shape index (κ2) is 9.65. The summed E-state index contributed by atoms with van der Waals surface area (Å²) in [6.45, 7) is 0. The van der Waals surface area contributed by atoms with Gasteiger partial charge in [-0.3, -0.25) is 14.8 Å². The van der Waals surface area contributed by atoms with Crippen LogP contribution in [0.2, 0.25) is 0 Å². The number of anilines is 1. The lowest BCUT2D eigenvalue weighted by Crippen LogP contribution is -2.46. The highest BCUT2D eigenvalue weighted by Crippen LogP contribution is 2.45. The van der Waals surface area contributed by atoms with Gasteiger partial charge in [-0.15, -0.1) is 0 Å². The molecule has 0 aliphatic carbocycles. The van der Waals surface area contributed by atoms with Crippen molar-refractivity contribution in [1.29, 1.82) is 0 Å². The maximum atomic E-state index is 13.2. The first-order valence-corrected chi connectivity index (χ1v) is 15.5. The Morgan fingerprint density at radius 2 is 1.79 bits per heavy atom. The lowest BCUT2D eigenvalue weighted by molar-refractivity contribution is 0.0562. The van der Waals surface area contributed by atoms with Crippen LogP contribution in [0.4, 0.5) is 5.82 Å². The minimum atomic E-state index is -3.77. The van der Waals surface area contributed by atoms with E-state index in [1.54, 1.807) is 17.3 Å². The van der Waals surface area contributed by atoms with E-state index in [0.717, 1.165) is 42.2 Å². The number of H-pyrrole nitrogens is 1. The van der Waals surface area contributed by atoms with E-state index in [2.05, 4.69) is 15.1 Å². The fraction of sp³-hybridized carbons (Fsp3) is 0.276. The van der Waals surface area contributed by atoms with Gasteiger partial charge in [0.15, 0.2) is 15.5 Å². The smallest absolute Gasteiger partial charge is 0.416 e. The van der Waals surface area contributed by atoms with Crippen LogP contribution in [0.25, 0.3) is 28.0 Å². The number of nitrogens with one attached hydrogen (secondary N) is 1. The highest BCUT2D eigenvalue weighted by atomic mass is 32.2. The largest absolute Gasteiger partial charge is 0.416 e. The summed E-state index contributed by atoms with van der Waals surface area (Å²) in [5.41, 5.74) is 10.7. The Morgan fingerprint density at radius 1 is 1.05 bits per heavy atom. The highest BCUT2D eigenvalue weighted by molar-refractivity contribution is 7.91. The van der Waals surface area contributed by atoms with Crippen molar-refractivity contribution in [1.82, 2.24) is 29.5 Å². The zero-order valence-corrected chi connectivity index (χ0v) is 23.4. The molecule has 4 aromatic heterocycles. The first kappa shape index (κ1) is 26.1. The molecule has 1 aromatic carbocycles. The number of amides is 1. The number of sulfone groups is 1. The fourth-order valence-electron chi connectivity index (χ4n) is 6.47. The number of aromatic amines is 1. The predicted molar refractivity (Wildman–Crippen MR) is 153 cm³/mol. The average molecular weight is 586 g/mol. The molecule has 0 saturated carbocycles. The third-order valence-electron chi connectivity index (χ3n) is 8.28. The van der Waals surface area contributed by atoms with Crippen LogP contribution in [0.3, 0.4) is 0 Å². The summed E-state index contributed by atoms with van der Waals surface area (Å²) in [5.74, 6) is -1.25. The zero-order valence-electron chi connectivity index (χ0n) is 22.6. The number of aromatic nitrogens is 5. The third kappa shape index (κ3) is 4.28. The second-order valence-corrected chi connectivity index (χ2v) is 12.9.